The van der Waals surface area contributed by atoms with E-state index in [9.17, 15) is 0 Å². The molecule has 0 radical (unpaired) electrons. The fraction of sp³-hybridized carbons (Fsp3) is 0.235. The van der Waals surface area contributed by atoms with Gasteiger partial charge < -0.3 is 9.73 Å². The first-order valence-corrected chi connectivity index (χ1v) is 6.91. The second-order valence-corrected chi connectivity index (χ2v) is 5.05. The van der Waals surface area contributed by atoms with Gasteiger partial charge in [0.15, 0.2) is 0 Å². The first-order chi connectivity index (χ1) is 9.83. The van der Waals surface area contributed by atoms with E-state index in [4.69, 9.17) is 4.42 Å². The molecule has 3 aromatic rings. The fourth-order valence-corrected chi connectivity index (χ4v) is 2.40. The lowest BCUT2D eigenvalue weighted by Crippen LogP contribution is -2.27. The van der Waals surface area contributed by atoms with Crippen LogP contribution in [0.15, 0.2) is 59.3 Å². The third-order valence-corrected chi connectivity index (χ3v) is 3.47. The van der Waals surface area contributed by atoms with E-state index < -0.39 is 0 Å². The van der Waals surface area contributed by atoms with Crippen molar-refractivity contribution in [3.63, 3.8) is 0 Å². The molecule has 0 saturated carbocycles. The molecule has 0 aliphatic carbocycles. The number of fused-ring (bicyclic) bond motifs is 1. The molecule has 2 heterocycles. The maximum Gasteiger partial charge on any atom is 0.105 e. The molecule has 2 aromatic heterocycles. The fourth-order valence-electron chi connectivity index (χ4n) is 2.40. The van der Waals surface area contributed by atoms with Crippen molar-refractivity contribution in [1.29, 1.82) is 0 Å². The van der Waals surface area contributed by atoms with Gasteiger partial charge in [-0.15, -0.1) is 0 Å². The van der Waals surface area contributed by atoms with Crippen LogP contribution in [0.5, 0.6) is 0 Å². The van der Waals surface area contributed by atoms with Gasteiger partial charge in [0.2, 0.25) is 0 Å². The highest BCUT2D eigenvalue weighted by molar-refractivity contribution is 5.81. The van der Waals surface area contributed by atoms with Gasteiger partial charge in [0.25, 0.3) is 0 Å². The maximum absolute atomic E-state index is 5.38. The molecule has 0 aliphatic rings. The van der Waals surface area contributed by atoms with Crippen molar-refractivity contribution >= 4 is 10.9 Å². The van der Waals surface area contributed by atoms with E-state index >= 15 is 0 Å². The highest BCUT2D eigenvalue weighted by Crippen LogP contribution is 2.16. The Bertz CT molecular complexity index is 671. The van der Waals surface area contributed by atoms with E-state index in [0.29, 0.717) is 6.04 Å². The van der Waals surface area contributed by atoms with Crippen molar-refractivity contribution in [2.75, 3.05) is 0 Å². The van der Waals surface area contributed by atoms with Gasteiger partial charge in [-0.25, -0.2) is 0 Å². The topological polar surface area (TPSA) is 38.1 Å². The zero-order chi connectivity index (χ0) is 13.8. The summed E-state index contributed by atoms with van der Waals surface area (Å²) in [7, 11) is 0. The highest BCUT2D eigenvalue weighted by Gasteiger charge is 2.07. The summed E-state index contributed by atoms with van der Waals surface area (Å²) in [5, 5.41) is 4.76. The Kier molecular flexibility index (Phi) is 3.79. The van der Waals surface area contributed by atoms with Crippen LogP contribution in [-0.4, -0.2) is 11.0 Å². The molecular weight excluding hydrogens is 248 g/mol. The zero-order valence-electron chi connectivity index (χ0n) is 11.5. The number of aromatic nitrogens is 1. The maximum atomic E-state index is 5.38. The van der Waals surface area contributed by atoms with Crippen LogP contribution < -0.4 is 5.32 Å². The molecule has 1 aromatic carbocycles. The molecule has 3 heteroatoms. The van der Waals surface area contributed by atoms with Crippen molar-refractivity contribution in [2.24, 2.45) is 0 Å². The Balaban J connectivity index is 1.67. The molecule has 0 spiro atoms. The van der Waals surface area contributed by atoms with E-state index in [1.54, 1.807) is 6.26 Å². The SMILES string of the molecule is CC(Cc1ccco1)NCc1ccnc2ccccc12. The number of furan rings is 1. The van der Waals surface area contributed by atoms with Crippen molar-refractivity contribution in [3.05, 3.63) is 66.2 Å². The Hall–Kier alpha value is -2.13. The lowest BCUT2D eigenvalue weighted by atomic mass is 10.1. The van der Waals surface area contributed by atoms with Crippen LogP contribution in [-0.2, 0) is 13.0 Å². The van der Waals surface area contributed by atoms with Gasteiger partial charge in [0.1, 0.15) is 5.76 Å². The number of para-hydroxylation sites is 1. The summed E-state index contributed by atoms with van der Waals surface area (Å²) in [6, 6.07) is 14.6. The van der Waals surface area contributed by atoms with Crippen LogP contribution in [0.1, 0.15) is 18.2 Å². The van der Waals surface area contributed by atoms with Gasteiger partial charge >= 0.3 is 0 Å². The number of nitrogens with zero attached hydrogens (tertiary/aromatic N) is 1. The molecule has 0 bridgehead atoms. The third kappa shape index (κ3) is 2.89. The van der Waals surface area contributed by atoms with Crippen molar-refractivity contribution < 1.29 is 4.42 Å². The molecule has 3 rings (SSSR count). The average molecular weight is 266 g/mol. The Morgan fingerprint density at radius 2 is 2.05 bits per heavy atom. The number of rotatable bonds is 5. The highest BCUT2D eigenvalue weighted by atomic mass is 16.3. The molecule has 0 amide bonds. The summed E-state index contributed by atoms with van der Waals surface area (Å²) in [4.78, 5) is 4.39. The largest absolute Gasteiger partial charge is 0.469 e. The predicted octanol–water partition coefficient (Wildman–Crippen LogP) is 3.55. The molecule has 3 nitrogen and oxygen atoms in total. The summed E-state index contributed by atoms with van der Waals surface area (Å²) in [6.07, 6.45) is 4.49. The molecule has 0 saturated heterocycles. The molecule has 0 fully saturated rings. The van der Waals surface area contributed by atoms with E-state index in [2.05, 4.69) is 35.4 Å². The first kappa shape index (κ1) is 12.9. The first-order valence-electron chi connectivity index (χ1n) is 6.91. The lowest BCUT2D eigenvalue weighted by molar-refractivity contribution is 0.457. The van der Waals surface area contributed by atoms with Crippen LogP contribution in [0.4, 0.5) is 0 Å². The molecule has 1 atom stereocenters. The average Bonchev–Trinajstić information content (AvgIpc) is 2.98. The number of benzene rings is 1. The molecule has 102 valence electrons. The van der Waals surface area contributed by atoms with Crippen LogP contribution in [0.3, 0.4) is 0 Å². The quantitative estimate of drug-likeness (QED) is 0.767. The summed E-state index contributed by atoms with van der Waals surface area (Å²) in [6.45, 7) is 3.01. The van der Waals surface area contributed by atoms with Gasteiger partial charge in [0.05, 0.1) is 11.8 Å². The summed E-state index contributed by atoms with van der Waals surface area (Å²) >= 11 is 0. The minimum atomic E-state index is 0.369. The van der Waals surface area contributed by atoms with Gasteiger partial charge in [-0.1, -0.05) is 18.2 Å². The minimum Gasteiger partial charge on any atom is -0.469 e. The standard InChI is InChI=1S/C17H18N2O/c1-13(11-15-5-4-10-20-15)19-12-14-8-9-18-17-7-3-2-6-16(14)17/h2-10,13,19H,11-12H2,1H3. The van der Waals surface area contributed by atoms with E-state index in [0.717, 1.165) is 24.2 Å². The minimum absolute atomic E-state index is 0.369. The molecule has 0 aliphatic heterocycles. The number of pyridine rings is 1. The van der Waals surface area contributed by atoms with E-state index in [-0.39, 0.29) is 0 Å². The third-order valence-electron chi connectivity index (χ3n) is 3.47. The summed E-state index contributed by atoms with van der Waals surface area (Å²) in [5.74, 6) is 1.02. The van der Waals surface area contributed by atoms with Gasteiger partial charge in [-0.3, -0.25) is 4.98 Å². The Labute approximate surface area is 118 Å². The van der Waals surface area contributed by atoms with Crippen LogP contribution >= 0.6 is 0 Å². The van der Waals surface area contributed by atoms with Crippen molar-refractivity contribution in [1.82, 2.24) is 10.3 Å². The Morgan fingerprint density at radius 1 is 1.15 bits per heavy atom. The zero-order valence-corrected chi connectivity index (χ0v) is 11.5. The monoisotopic (exact) mass is 266 g/mol. The summed E-state index contributed by atoms with van der Waals surface area (Å²) < 4.78 is 5.38. The van der Waals surface area contributed by atoms with Crippen LogP contribution in [0, 0.1) is 0 Å². The van der Waals surface area contributed by atoms with Crippen LogP contribution in [0.25, 0.3) is 10.9 Å². The molecule has 20 heavy (non-hydrogen) atoms. The van der Waals surface area contributed by atoms with Crippen LogP contribution in [0.2, 0.25) is 0 Å². The molecular formula is C17H18N2O. The van der Waals surface area contributed by atoms with Crippen molar-refractivity contribution in [2.45, 2.75) is 25.9 Å². The normalized spacial score (nSPS) is 12.7. The molecule has 1 N–H and O–H groups in total. The van der Waals surface area contributed by atoms with E-state index in [1.807, 2.05) is 30.5 Å². The summed E-state index contributed by atoms with van der Waals surface area (Å²) in [5.41, 5.74) is 2.33. The predicted molar refractivity (Wildman–Crippen MR) is 80.5 cm³/mol. The molecule has 1 unspecified atom stereocenters. The van der Waals surface area contributed by atoms with Gasteiger partial charge in [-0.2, -0.15) is 0 Å². The van der Waals surface area contributed by atoms with Gasteiger partial charge in [0, 0.05) is 30.6 Å². The number of hydrogen-bond acceptors (Lipinski definition) is 3. The number of nitrogens with one attached hydrogen (secondary N) is 1. The van der Waals surface area contributed by atoms with Gasteiger partial charge in [-0.05, 0) is 36.8 Å². The second kappa shape index (κ2) is 5.88. The van der Waals surface area contributed by atoms with Crippen molar-refractivity contribution in [3.8, 4) is 0 Å². The second-order valence-electron chi connectivity index (χ2n) is 5.05. The number of hydrogen-bond donors (Lipinski definition) is 1. The smallest absolute Gasteiger partial charge is 0.105 e. The Morgan fingerprint density at radius 3 is 2.90 bits per heavy atom. The van der Waals surface area contributed by atoms with E-state index in [1.165, 1.54) is 10.9 Å². The lowest BCUT2D eigenvalue weighted by Gasteiger charge is -2.13.